The monoisotopic (exact) mass is 275 g/mol. The first-order chi connectivity index (χ1) is 9.70. The Morgan fingerprint density at radius 2 is 1.80 bits per heavy atom. The average molecular weight is 275 g/mol. The summed E-state index contributed by atoms with van der Waals surface area (Å²) in [6.45, 7) is 5.54. The van der Waals surface area contributed by atoms with Crippen molar-refractivity contribution in [3.8, 4) is 0 Å². The van der Waals surface area contributed by atoms with Gasteiger partial charge in [0.2, 0.25) is 0 Å². The zero-order valence-corrected chi connectivity index (χ0v) is 13.1. The highest BCUT2D eigenvalue weighted by Crippen LogP contribution is 2.41. The van der Waals surface area contributed by atoms with E-state index in [1.54, 1.807) is 0 Å². The van der Waals surface area contributed by atoms with Crippen LogP contribution in [0.25, 0.3) is 0 Å². The minimum atomic E-state index is 0.603. The van der Waals surface area contributed by atoms with E-state index >= 15 is 0 Å². The number of nitrogen functional groups attached to an aromatic ring is 1. The van der Waals surface area contributed by atoms with Crippen molar-refractivity contribution < 1.29 is 0 Å². The molecule has 2 unspecified atom stereocenters. The lowest BCUT2D eigenvalue weighted by molar-refractivity contribution is 0.341. The lowest BCUT2D eigenvalue weighted by Gasteiger charge is -2.25. The summed E-state index contributed by atoms with van der Waals surface area (Å²) >= 11 is 0. The molecule has 2 atom stereocenters. The Balaban J connectivity index is 1.90. The largest absolute Gasteiger partial charge is 0.384 e. The predicted octanol–water partition coefficient (Wildman–Crippen LogP) is 4.44. The van der Waals surface area contributed by atoms with Crippen LogP contribution in [0.2, 0.25) is 0 Å². The van der Waals surface area contributed by atoms with Crippen molar-refractivity contribution in [1.29, 1.82) is 0 Å². The molecule has 0 aromatic carbocycles. The molecule has 1 aromatic rings. The maximum absolute atomic E-state index is 6.46. The van der Waals surface area contributed by atoms with E-state index < -0.39 is 0 Å². The predicted molar refractivity (Wildman–Crippen MR) is 83.9 cm³/mol. The zero-order chi connectivity index (χ0) is 14.1. The van der Waals surface area contributed by atoms with Gasteiger partial charge in [0, 0.05) is 18.4 Å². The number of nitrogens with two attached hydrogens (primary N) is 1. The SMILES string of the molecule is CCn1c(C2CCCC2)nc(C2CCCC(C)C2)c1N. The molecule has 0 spiro atoms. The van der Waals surface area contributed by atoms with Crippen LogP contribution in [0.15, 0.2) is 0 Å². The summed E-state index contributed by atoms with van der Waals surface area (Å²) in [7, 11) is 0. The molecular weight excluding hydrogens is 246 g/mol. The average Bonchev–Trinajstić information content (AvgIpc) is 3.05. The van der Waals surface area contributed by atoms with Gasteiger partial charge in [-0.15, -0.1) is 0 Å². The number of rotatable bonds is 3. The molecule has 2 saturated carbocycles. The molecule has 0 amide bonds. The Labute approximate surface area is 123 Å². The van der Waals surface area contributed by atoms with Gasteiger partial charge in [0.1, 0.15) is 11.6 Å². The van der Waals surface area contributed by atoms with Crippen LogP contribution in [0, 0.1) is 5.92 Å². The summed E-state index contributed by atoms with van der Waals surface area (Å²) in [5, 5.41) is 0. The van der Waals surface area contributed by atoms with Gasteiger partial charge in [-0.2, -0.15) is 0 Å². The fraction of sp³-hybridized carbons (Fsp3) is 0.824. The number of imidazole rings is 1. The van der Waals surface area contributed by atoms with Gasteiger partial charge in [0.05, 0.1) is 5.69 Å². The molecule has 0 bridgehead atoms. The normalized spacial score (nSPS) is 28.1. The lowest BCUT2D eigenvalue weighted by atomic mass is 9.81. The molecule has 2 aliphatic rings. The highest BCUT2D eigenvalue weighted by Gasteiger charge is 2.29. The third-order valence-corrected chi connectivity index (χ3v) is 5.42. The van der Waals surface area contributed by atoms with Crippen molar-refractivity contribution >= 4 is 5.82 Å². The van der Waals surface area contributed by atoms with Gasteiger partial charge in [0.15, 0.2) is 0 Å². The number of nitrogens with zero attached hydrogens (tertiary/aromatic N) is 2. The smallest absolute Gasteiger partial charge is 0.127 e. The fourth-order valence-corrected chi connectivity index (χ4v) is 4.31. The first-order valence-electron chi connectivity index (χ1n) is 8.56. The molecule has 3 heteroatoms. The molecular formula is C17H29N3. The Hall–Kier alpha value is -0.990. The quantitative estimate of drug-likeness (QED) is 0.886. The molecule has 0 radical (unpaired) electrons. The van der Waals surface area contributed by atoms with E-state index in [9.17, 15) is 0 Å². The highest BCUT2D eigenvalue weighted by atomic mass is 15.1. The summed E-state index contributed by atoms with van der Waals surface area (Å²) in [4.78, 5) is 5.06. The molecule has 2 fully saturated rings. The van der Waals surface area contributed by atoms with Crippen molar-refractivity contribution in [3.05, 3.63) is 11.5 Å². The topological polar surface area (TPSA) is 43.8 Å². The standard InChI is InChI=1S/C17H29N3/c1-3-20-16(18)15(14-10-6-7-12(2)11-14)19-17(20)13-8-4-5-9-13/h12-14H,3-11,18H2,1-2H3. The van der Waals surface area contributed by atoms with E-state index in [1.807, 2.05) is 0 Å². The molecule has 2 aliphatic carbocycles. The van der Waals surface area contributed by atoms with Crippen LogP contribution in [0.4, 0.5) is 5.82 Å². The van der Waals surface area contributed by atoms with E-state index in [2.05, 4.69) is 18.4 Å². The van der Waals surface area contributed by atoms with Crippen molar-refractivity contribution in [1.82, 2.24) is 9.55 Å². The van der Waals surface area contributed by atoms with Crippen LogP contribution >= 0.6 is 0 Å². The van der Waals surface area contributed by atoms with Gasteiger partial charge in [0.25, 0.3) is 0 Å². The maximum Gasteiger partial charge on any atom is 0.127 e. The van der Waals surface area contributed by atoms with Crippen LogP contribution in [0.5, 0.6) is 0 Å². The van der Waals surface area contributed by atoms with Crippen molar-refractivity contribution in [2.45, 2.75) is 83.6 Å². The zero-order valence-electron chi connectivity index (χ0n) is 13.1. The summed E-state index contributed by atoms with van der Waals surface area (Å²) in [6.07, 6.45) is 10.6. The molecule has 20 heavy (non-hydrogen) atoms. The molecule has 1 aromatic heterocycles. The Bertz CT molecular complexity index is 457. The van der Waals surface area contributed by atoms with Crippen molar-refractivity contribution in [2.75, 3.05) is 5.73 Å². The van der Waals surface area contributed by atoms with Crippen molar-refractivity contribution in [2.24, 2.45) is 5.92 Å². The van der Waals surface area contributed by atoms with E-state index in [0.717, 1.165) is 18.3 Å². The number of hydrogen-bond donors (Lipinski definition) is 1. The summed E-state index contributed by atoms with van der Waals surface area (Å²) in [5.41, 5.74) is 7.68. The van der Waals surface area contributed by atoms with E-state index in [1.165, 1.54) is 62.9 Å². The summed E-state index contributed by atoms with van der Waals surface area (Å²) < 4.78 is 2.30. The van der Waals surface area contributed by atoms with Crippen LogP contribution in [-0.4, -0.2) is 9.55 Å². The summed E-state index contributed by atoms with van der Waals surface area (Å²) in [6, 6.07) is 0. The van der Waals surface area contributed by atoms with E-state index in [4.69, 9.17) is 10.7 Å². The number of anilines is 1. The molecule has 0 saturated heterocycles. The number of hydrogen-bond acceptors (Lipinski definition) is 2. The summed E-state index contributed by atoms with van der Waals surface area (Å²) in [5.74, 6) is 4.35. The Morgan fingerprint density at radius 3 is 2.45 bits per heavy atom. The number of aromatic nitrogens is 2. The first kappa shape index (κ1) is 14.0. The lowest BCUT2D eigenvalue weighted by Crippen LogP contribution is -2.14. The second kappa shape index (κ2) is 5.79. The first-order valence-corrected chi connectivity index (χ1v) is 8.56. The van der Waals surface area contributed by atoms with Gasteiger partial charge in [-0.3, -0.25) is 0 Å². The molecule has 112 valence electrons. The van der Waals surface area contributed by atoms with Crippen LogP contribution in [0.3, 0.4) is 0 Å². The molecule has 3 rings (SSSR count). The molecule has 0 aliphatic heterocycles. The second-order valence-electron chi connectivity index (χ2n) is 6.93. The minimum absolute atomic E-state index is 0.603. The third kappa shape index (κ3) is 2.47. The van der Waals surface area contributed by atoms with Gasteiger partial charge >= 0.3 is 0 Å². The molecule has 1 heterocycles. The maximum atomic E-state index is 6.46. The van der Waals surface area contributed by atoms with Gasteiger partial charge < -0.3 is 10.3 Å². The Morgan fingerprint density at radius 1 is 1.10 bits per heavy atom. The van der Waals surface area contributed by atoms with Gasteiger partial charge in [-0.1, -0.05) is 32.6 Å². The van der Waals surface area contributed by atoms with E-state index in [-0.39, 0.29) is 0 Å². The molecule has 2 N–H and O–H groups in total. The highest BCUT2D eigenvalue weighted by molar-refractivity contribution is 5.41. The van der Waals surface area contributed by atoms with Crippen LogP contribution < -0.4 is 5.73 Å². The fourth-order valence-electron chi connectivity index (χ4n) is 4.31. The Kier molecular flexibility index (Phi) is 4.04. The van der Waals surface area contributed by atoms with Crippen LogP contribution in [0.1, 0.15) is 88.6 Å². The third-order valence-electron chi connectivity index (χ3n) is 5.42. The van der Waals surface area contributed by atoms with Gasteiger partial charge in [-0.25, -0.2) is 4.98 Å². The minimum Gasteiger partial charge on any atom is -0.384 e. The van der Waals surface area contributed by atoms with Crippen molar-refractivity contribution in [3.63, 3.8) is 0 Å². The van der Waals surface area contributed by atoms with Gasteiger partial charge in [-0.05, 0) is 38.5 Å². The molecule has 3 nitrogen and oxygen atoms in total. The van der Waals surface area contributed by atoms with E-state index in [0.29, 0.717) is 11.8 Å². The second-order valence-corrected chi connectivity index (χ2v) is 6.93. The van der Waals surface area contributed by atoms with Crippen LogP contribution in [-0.2, 0) is 6.54 Å².